The SMILES string of the molecule is CCC(Nc1ccc(C(=O)O)c(C)c1)c1ccccc1. The molecule has 1 unspecified atom stereocenters. The molecule has 2 aromatic rings. The van der Waals surface area contributed by atoms with Gasteiger partial charge in [-0.25, -0.2) is 4.79 Å². The third-order valence-corrected chi connectivity index (χ3v) is 3.41. The molecule has 104 valence electrons. The van der Waals surface area contributed by atoms with Gasteiger partial charge in [0.2, 0.25) is 0 Å². The molecule has 0 aliphatic carbocycles. The van der Waals surface area contributed by atoms with Gasteiger partial charge in [0.05, 0.1) is 11.6 Å². The molecule has 0 amide bonds. The van der Waals surface area contributed by atoms with Crippen molar-refractivity contribution < 1.29 is 9.90 Å². The normalized spacial score (nSPS) is 11.9. The topological polar surface area (TPSA) is 49.3 Å². The molecule has 1 atom stereocenters. The number of aromatic carboxylic acids is 1. The zero-order chi connectivity index (χ0) is 14.5. The van der Waals surface area contributed by atoms with Crippen molar-refractivity contribution in [3.63, 3.8) is 0 Å². The third kappa shape index (κ3) is 3.18. The molecule has 2 rings (SSSR count). The highest BCUT2D eigenvalue weighted by Crippen LogP contribution is 2.24. The van der Waals surface area contributed by atoms with Crippen LogP contribution in [0.15, 0.2) is 48.5 Å². The van der Waals surface area contributed by atoms with Gasteiger partial charge in [0.15, 0.2) is 0 Å². The lowest BCUT2D eigenvalue weighted by atomic mass is 10.0. The minimum Gasteiger partial charge on any atom is -0.478 e. The average molecular weight is 269 g/mol. The van der Waals surface area contributed by atoms with E-state index in [1.165, 1.54) is 5.56 Å². The van der Waals surface area contributed by atoms with E-state index < -0.39 is 5.97 Å². The van der Waals surface area contributed by atoms with Crippen molar-refractivity contribution in [1.82, 2.24) is 0 Å². The van der Waals surface area contributed by atoms with Crippen LogP contribution >= 0.6 is 0 Å². The number of carboxylic acid groups (broad SMARTS) is 1. The summed E-state index contributed by atoms with van der Waals surface area (Å²) >= 11 is 0. The molecule has 0 saturated heterocycles. The van der Waals surface area contributed by atoms with Crippen LogP contribution in [0.1, 0.15) is 40.9 Å². The maximum atomic E-state index is 11.0. The summed E-state index contributed by atoms with van der Waals surface area (Å²) in [5.74, 6) is -0.885. The van der Waals surface area contributed by atoms with E-state index in [-0.39, 0.29) is 6.04 Å². The number of carbonyl (C=O) groups is 1. The smallest absolute Gasteiger partial charge is 0.335 e. The molecule has 3 heteroatoms. The fourth-order valence-corrected chi connectivity index (χ4v) is 2.30. The molecule has 2 N–H and O–H groups in total. The lowest BCUT2D eigenvalue weighted by Crippen LogP contribution is -2.10. The molecule has 20 heavy (non-hydrogen) atoms. The van der Waals surface area contributed by atoms with E-state index in [4.69, 9.17) is 5.11 Å². The van der Waals surface area contributed by atoms with Crippen molar-refractivity contribution in [2.24, 2.45) is 0 Å². The Labute approximate surface area is 119 Å². The van der Waals surface area contributed by atoms with Crippen LogP contribution in [0.4, 0.5) is 5.69 Å². The molecule has 0 radical (unpaired) electrons. The maximum absolute atomic E-state index is 11.0. The van der Waals surface area contributed by atoms with Gasteiger partial charge in [-0.2, -0.15) is 0 Å². The second-order valence-electron chi connectivity index (χ2n) is 4.85. The Morgan fingerprint density at radius 1 is 1.20 bits per heavy atom. The Bertz CT molecular complexity index is 593. The largest absolute Gasteiger partial charge is 0.478 e. The number of carboxylic acids is 1. The predicted molar refractivity (Wildman–Crippen MR) is 81.2 cm³/mol. The highest BCUT2D eigenvalue weighted by atomic mass is 16.4. The summed E-state index contributed by atoms with van der Waals surface area (Å²) in [4.78, 5) is 11.0. The first kappa shape index (κ1) is 14.1. The van der Waals surface area contributed by atoms with E-state index >= 15 is 0 Å². The standard InChI is InChI=1S/C17H19NO2/c1-3-16(13-7-5-4-6-8-13)18-14-9-10-15(17(19)20)12(2)11-14/h4-11,16,18H,3H2,1-2H3,(H,19,20). The number of nitrogens with one attached hydrogen (secondary N) is 1. The summed E-state index contributed by atoms with van der Waals surface area (Å²) in [6.07, 6.45) is 0.962. The third-order valence-electron chi connectivity index (χ3n) is 3.41. The molecular formula is C17H19NO2. The Hall–Kier alpha value is -2.29. The van der Waals surface area contributed by atoms with Gasteiger partial charge in [0.25, 0.3) is 0 Å². The highest BCUT2D eigenvalue weighted by Gasteiger charge is 2.11. The zero-order valence-electron chi connectivity index (χ0n) is 11.8. The van der Waals surface area contributed by atoms with Crippen LogP contribution in [0.5, 0.6) is 0 Å². The number of aryl methyl sites for hydroxylation is 1. The Kier molecular flexibility index (Phi) is 4.41. The van der Waals surface area contributed by atoms with Crippen LogP contribution in [-0.4, -0.2) is 11.1 Å². The summed E-state index contributed by atoms with van der Waals surface area (Å²) < 4.78 is 0. The Balaban J connectivity index is 2.20. The Morgan fingerprint density at radius 3 is 2.45 bits per heavy atom. The van der Waals surface area contributed by atoms with Crippen LogP contribution in [0, 0.1) is 6.92 Å². The minimum absolute atomic E-state index is 0.228. The molecule has 0 heterocycles. The van der Waals surface area contributed by atoms with Crippen LogP contribution in [-0.2, 0) is 0 Å². The minimum atomic E-state index is -0.885. The van der Waals surface area contributed by atoms with Crippen molar-refractivity contribution in [3.05, 3.63) is 65.2 Å². The number of hydrogen-bond acceptors (Lipinski definition) is 2. The van der Waals surface area contributed by atoms with Gasteiger partial charge < -0.3 is 10.4 Å². The molecule has 0 spiro atoms. The first-order chi connectivity index (χ1) is 9.61. The summed E-state index contributed by atoms with van der Waals surface area (Å²) in [6, 6.07) is 15.8. The highest BCUT2D eigenvalue weighted by molar-refractivity contribution is 5.89. The second-order valence-corrected chi connectivity index (χ2v) is 4.85. The van der Waals surface area contributed by atoms with E-state index in [0.717, 1.165) is 17.7 Å². The monoisotopic (exact) mass is 269 g/mol. The van der Waals surface area contributed by atoms with Crippen molar-refractivity contribution in [1.29, 1.82) is 0 Å². The van der Waals surface area contributed by atoms with Crippen molar-refractivity contribution in [2.75, 3.05) is 5.32 Å². The van der Waals surface area contributed by atoms with Crippen LogP contribution in [0.25, 0.3) is 0 Å². The second kappa shape index (κ2) is 6.24. The van der Waals surface area contributed by atoms with E-state index in [2.05, 4.69) is 24.4 Å². The van der Waals surface area contributed by atoms with E-state index in [1.807, 2.05) is 37.3 Å². The summed E-state index contributed by atoms with van der Waals surface area (Å²) in [7, 11) is 0. The number of hydrogen-bond donors (Lipinski definition) is 2. The molecule has 2 aromatic carbocycles. The molecule has 0 saturated carbocycles. The van der Waals surface area contributed by atoms with Crippen molar-refractivity contribution in [3.8, 4) is 0 Å². The van der Waals surface area contributed by atoms with E-state index in [9.17, 15) is 4.79 Å². The molecular weight excluding hydrogens is 250 g/mol. The summed E-state index contributed by atoms with van der Waals surface area (Å²) in [5.41, 5.74) is 3.30. The summed E-state index contributed by atoms with van der Waals surface area (Å²) in [6.45, 7) is 3.95. The van der Waals surface area contributed by atoms with Gasteiger partial charge in [-0.3, -0.25) is 0 Å². The van der Waals surface area contributed by atoms with Gasteiger partial charge >= 0.3 is 5.97 Å². The maximum Gasteiger partial charge on any atom is 0.335 e. The molecule has 0 fully saturated rings. The molecule has 0 aliphatic rings. The molecule has 0 bridgehead atoms. The quantitative estimate of drug-likeness (QED) is 0.852. The summed E-state index contributed by atoms with van der Waals surface area (Å²) in [5, 5.41) is 12.5. The first-order valence-corrected chi connectivity index (χ1v) is 6.77. The van der Waals surface area contributed by atoms with Crippen molar-refractivity contribution >= 4 is 11.7 Å². The lowest BCUT2D eigenvalue weighted by Gasteiger charge is -2.19. The molecule has 0 aliphatic heterocycles. The van der Waals surface area contributed by atoms with Crippen molar-refractivity contribution in [2.45, 2.75) is 26.3 Å². The zero-order valence-corrected chi connectivity index (χ0v) is 11.8. The van der Waals surface area contributed by atoms with Gasteiger partial charge in [0.1, 0.15) is 0 Å². The van der Waals surface area contributed by atoms with E-state index in [1.54, 1.807) is 6.07 Å². The van der Waals surface area contributed by atoms with Crippen LogP contribution in [0.3, 0.4) is 0 Å². The fourth-order valence-electron chi connectivity index (χ4n) is 2.30. The Morgan fingerprint density at radius 2 is 1.90 bits per heavy atom. The number of benzene rings is 2. The number of rotatable bonds is 5. The van der Waals surface area contributed by atoms with Gasteiger partial charge in [0, 0.05) is 5.69 Å². The average Bonchev–Trinajstić information content (AvgIpc) is 2.45. The molecule has 0 aromatic heterocycles. The van der Waals surface area contributed by atoms with Crippen LogP contribution in [0.2, 0.25) is 0 Å². The number of anilines is 1. The fraction of sp³-hybridized carbons (Fsp3) is 0.235. The van der Waals surface area contributed by atoms with Gasteiger partial charge in [-0.15, -0.1) is 0 Å². The van der Waals surface area contributed by atoms with E-state index in [0.29, 0.717) is 5.56 Å². The predicted octanol–water partition coefficient (Wildman–Crippen LogP) is 4.26. The van der Waals surface area contributed by atoms with Gasteiger partial charge in [-0.1, -0.05) is 37.3 Å². The van der Waals surface area contributed by atoms with Gasteiger partial charge in [-0.05, 0) is 42.7 Å². The first-order valence-electron chi connectivity index (χ1n) is 6.77. The lowest BCUT2D eigenvalue weighted by molar-refractivity contribution is 0.0696. The molecule has 3 nitrogen and oxygen atoms in total. The van der Waals surface area contributed by atoms with Crippen LogP contribution < -0.4 is 5.32 Å².